The Hall–Kier alpha value is -1.99. The van der Waals surface area contributed by atoms with Crippen LogP contribution in [0.1, 0.15) is 0 Å². The largest absolute Gasteiger partial charge is 0.495 e. The number of sulfonamides is 1. The Balaban J connectivity index is 2.40. The molecule has 20 heavy (non-hydrogen) atoms. The van der Waals surface area contributed by atoms with E-state index in [2.05, 4.69) is 9.71 Å². The van der Waals surface area contributed by atoms with Gasteiger partial charge in [-0.1, -0.05) is 11.6 Å². The van der Waals surface area contributed by atoms with Gasteiger partial charge in [-0.05, 0) is 30.3 Å². The maximum atomic E-state index is 12.3. The Labute approximate surface area is 121 Å². The molecular formula is C12H12ClN3O3S. The van der Waals surface area contributed by atoms with Crippen molar-refractivity contribution >= 4 is 33.1 Å². The zero-order valence-corrected chi connectivity index (χ0v) is 12.1. The molecule has 0 radical (unpaired) electrons. The Morgan fingerprint density at radius 2 is 2.05 bits per heavy atom. The van der Waals surface area contributed by atoms with Gasteiger partial charge in [0.05, 0.1) is 12.1 Å². The molecule has 1 aromatic carbocycles. The second-order valence-corrected chi connectivity index (χ2v) is 5.96. The molecule has 0 unspecified atom stereocenters. The maximum absolute atomic E-state index is 12.3. The summed E-state index contributed by atoms with van der Waals surface area (Å²) < 4.78 is 32.0. The lowest BCUT2D eigenvalue weighted by Crippen LogP contribution is -2.15. The number of aromatic nitrogens is 1. The van der Waals surface area contributed by atoms with Gasteiger partial charge in [0.2, 0.25) is 0 Å². The van der Waals surface area contributed by atoms with Crippen molar-refractivity contribution < 1.29 is 13.2 Å². The van der Waals surface area contributed by atoms with Crippen LogP contribution in [0.2, 0.25) is 5.02 Å². The third kappa shape index (κ3) is 3.12. The summed E-state index contributed by atoms with van der Waals surface area (Å²) in [6.07, 6.45) is 1.34. The van der Waals surface area contributed by atoms with Gasteiger partial charge in [-0.25, -0.2) is 13.4 Å². The second kappa shape index (κ2) is 5.56. The molecule has 6 nitrogen and oxygen atoms in total. The third-order valence-electron chi connectivity index (χ3n) is 2.44. The van der Waals surface area contributed by atoms with Crippen molar-refractivity contribution in [2.24, 2.45) is 0 Å². The highest BCUT2D eigenvalue weighted by atomic mass is 35.5. The van der Waals surface area contributed by atoms with Crippen molar-refractivity contribution in [3.8, 4) is 5.75 Å². The molecule has 8 heteroatoms. The van der Waals surface area contributed by atoms with Crippen LogP contribution < -0.4 is 15.2 Å². The SMILES string of the molecule is COc1ccc(N)cc1S(=O)(=O)Nc1ccc(Cl)cn1. The number of rotatable bonds is 4. The molecular weight excluding hydrogens is 302 g/mol. The Bertz CT molecular complexity index is 717. The number of anilines is 2. The molecule has 0 amide bonds. The first-order valence-corrected chi connectivity index (χ1v) is 7.36. The predicted octanol–water partition coefficient (Wildman–Crippen LogP) is 2.13. The van der Waals surface area contributed by atoms with Crippen LogP contribution in [0.15, 0.2) is 41.4 Å². The molecule has 0 saturated carbocycles. The Morgan fingerprint density at radius 1 is 1.30 bits per heavy atom. The number of nitrogens with one attached hydrogen (secondary N) is 1. The van der Waals surface area contributed by atoms with Gasteiger partial charge in [0.15, 0.2) is 0 Å². The van der Waals surface area contributed by atoms with Gasteiger partial charge in [-0.3, -0.25) is 4.72 Å². The lowest BCUT2D eigenvalue weighted by Gasteiger charge is -2.11. The second-order valence-electron chi connectivity index (χ2n) is 3.88. The number of hydrogen-bond acceptors (Lipinski definition) is 5. The van der Waals surface area contributed by atoms with E-state index in [0.717, 1.165) is 0 Å². The average Bonchev–Trinajstić information content (AvgIpc) is 2.41. The minimum absolute atomic E-state index is 0.0586. The number of methoxy groups -OCH3 is 1. The van der Waals surface area contributed by atoms with E-state index in [1.807, 2.05) is 0 Å². The van der Waals surface area contributed by atoms with E-state index in [-0.39, 0.29) is 16.5 Å². The molecule has 0 spiro atoms. The van der Waals surface area contributed by atoms with E-state index in [4.69, 9.17) is 22.1 Å². The van der Waals surface area contributed by atoms with Crippen molar-refractivity contribution in [3.63, 3.8) is 0 Å². The highest BCUT2D eigenvalue weighted by molar-refractivity contribution is 7.92. The fourth-order valence-electron chi connectivity index (χ4n) is 1.53. The fraction of sp³-hybridized carbons (Fsp3) is 0.0833. The van der Waals surface area contributed by atoms with Gasteiger partial charge in [-0.2, -0.15) is 0 Å². The standard InChI is InChI=1S/C12H12ClN3O3S/c1-19-10-4-3-9(14)6-11(10)20(17,18)16-12-5-2-8(13)7-15-12/h2-7H,14H2,1H3,(H,15,16). The number of nitrogens with zero attached hydrogens (tertiary/aromatic N) is 1. The lowest BCUT2D eigenvalue weighted by atomic mass is 10.3. The quantitative estimate of drug-likeness (QED) is 0.843. The summed E-state index contributed by atoms with van der Waals surface area (Å²) >= 11 is 5.69. The van der Waals surface area contributed by atoms with Crippen molar-refractivity contribution in [1.29, 1.82) is 0 Å². The zero-order chi connectivity index (χ0) is 14.8. The molecule has 2 aromatic rings. The third-order valence-corrected chi connectivity index (χ3v) is 4.04. The minimum Gasteiger partial charge on any atom is -0.495 e. The average molecular weight is 314 g/mol. The van der Waals surface area contributed by atoms with E-state index < -0.39 is 10.0 Å². The number of nitrogens with two attached hydrogens (primary N) is 1. The monoisotopic (exact) mass is 313 g/mol. The maximum Gasteiger partial charge on any atom is 0.266 e. The highest BCUT2D eigenvalue weighted by Crippen LogP contribution is 2.27. The Morgan fingerprint density at radius 3 is 2.65 bits per heavy atom. The van der Waals surface area contributed by atoms with Crippen LogP contribution in [0.3, 0.4) is 0 Å². The van der Waals surface area contributed by atoms with E-state index >= 15 is 0 Å². The van der Waals surface area contributed by atoms with Crippen LogP contribution in [-0.2, 0) is 10.0 Å². The summed E-state index contributed by atoms with van der Waals surface area (Å²) in [6.45, 7) is 0. The smallest absolute Gasteiger partial charge is 0.266 e. The van der Waals surface area contributed by atoms with Gasteiger partial charge in [0.25, 0.3) is 10.0 Å². The summed E-state index contributed by atoms with van der Waals surface area (Å²) in [5.41, 5.74) is 5.93. The lowest BCUT2D eigenvalue weighted by molar-refractivity contribution is 0.403. The van der Waals surface area contributed by atoms with E-state index in [1.165, 1.54) is 37.6 Å². The van der Waals surface area contributed by atoms with Crippen molar-refractivity contribution in [2.75, 3.05) is 17.6 Å². The van der Waals surface area contributed by atoms with Crippen molar-refractivity contribution in [2.45, 2.75) is 4.90 Å². The predicted molar refractivity (Wildman–Crippen MR) is 77.5 cm³/mol. The number of pyridine rings is 1. The molecule has 0 aliphatic carbocycles. The first-order valence-electron chi connectivity index (χ1n) is 5.50. The molecule has 0 bridgehead atoms. The van der Waals surface area contributed by atoms with E-state index in [1.54, 1.807) is 6.07 Å². The summed E-state index contributed by atoms with van der Waals surface area (Å²) in [5.74, 6) is 0.347. The van der Waals surface area contributed by atoms with Crippen LogP contribution in [0.25, 0.3) is 0 Å². The fourth-order valence-corrected chi connectivity index (χ4v) is 2.86. The van der Waals surface area contributed by atoms with Gasteiger partial charge in [0, 0.05) is 11.9 Å². The van der Waals surface area contributed by atoms with Crippen LogP contribution in [-0.4, -0.2) is 20.5 Å². The number of nitrogen functional groups attached to an aromatic ring is 1. The molecule has 3 N–H and O–H groups in total. The van der Waals surface area contributed by atoms with E-state index in [9.17, 15) is 8.42 Å². The Kier molecular flexibility index (Phi) is 4.01. The van der Waals surface area contributed by atoms with Crippen molar-refractivity contribution in [3.05, 3.63) is 41.6 Å². The summed E-state index contributed by atoms with van der Waals surface area (Å²) in [4.78, 5) is 3.81. The summed E-state index contributed by atoms with van der Waals surface area (Å²) in [6, 6.07) is 7.34. The van der Waals surface area contributed by atoms with Gasteiger partial charge in [0.1, 0.15) is 16.5 Å². The number of halogens is 1. The topological polar surface area (TPSA) is 94.3 Å². The molecule has 2 rings (SSSR count). The first-order chi connectivity index (χ1) is 9.42. The molecule has 0 saturated heterocycles. The molecule has 1 aromatic heterocycles. The van der Waals surface area contributed by atoms with Crippen molar-refractivity contribution in [1.82, 2.24) is 4.98 Å². The minimum atomic E-state index is -3.85. The van der Waals surface area contributed by atoms with Crippen LogP contribution in [0.5, 0.6) is 5.75 Å². The summed E-state index contributed by atoms with van der Waals surface area (Å²) in [5, 5.41) is 0.412. The van der Waals surface area contributed by atoms with Crippen LogP contribution in [0.4, 0.5) is 11.5 Å². The number of ether oxygens (including phenoxy) is 1. The molecule has 1 heterocycles. The van der Waals surface area contributed by atoms with E-state index in [0.29, 0.717) is 10.7 Å². The van der Waals surface area contributed by atoms with Gasteiger partial charge in [-0.15, -0.1) is 0 Å². The van der Waals surface area contributed by atoms with Crippen LogP contribution in [0, 0.1) is 0 Å². The summed E-state index contributed by atoms with van der Waals surface area (Å²) in [7, 11) is -2.47. The van der Waals surface area contributed by atoms with Gasteiger partial charge < -0.3 is 10.5 Å². The highest BCUT2D eigenvalue weighted by Gasteiger charge is 2.20. The zero-order valence-electron chi connectivity index (χ0n) is 10.5. The van der Waals surface area contributed by atoms with Gasteiger partial charge >= 0.3 is 0 Å². The van der Waals surface area contributed by atoms with Crippen LogP contribution >= 0.6 is 11.6 Å². The first kappa shape index (κ1) is 14.4. The normalized spacial score (nSPS) is 11.1. The molecule has 0 fully saturated rings. The molecule has 0 atom stereocenters. The number of hydrogen-bond donors (Lipinski definition) is 2. The number of benzene rings is 1. The molecule has 106 valence electrons. The molecule has 0 aliphatic heterocycles. The molecule has 0 aliphatic rings.